The third-order valence-electron chi connectivity index (χ3n) is 6.70. The van der Waals surface area contributed by atoms with Gasteiger partial charge in [0, 0.05) is 62.9 Å². The molecule has 0 spiro atoms. The maximum absolute atomic E-state index is 10.6. The smallest absolute Gasteiger partial charge is 0.207 e. The molecule has 31 heavy (non-hydrogen) atoms. The summed E-state index contributed by atoms with van der Waals surface area (Å²) in [6, 6.07) is 2.55. The highest BCUT2D eigenvalue weighted by Crippen LogP contribution is 2.27. The van der Waals surface area contributed by atoms with Crippen LogP contribution in [0.4, 0.5) is 5.82 Å². The van der Waals surface area contributed by atoms with Gasteiger partial charge in [0.15, 0.2) is 0 Å². The minimum absolute atomic E-state index is 0.0695. The van der Waals surface area contributed by atoms with E-state index in [-0.39, 0.29) is 5.41 Å². The van der Waals surface area contributed by atoms with Crippen LogP contribution < -0.4 is 10.2 Å². The molecule has 0 atom stereocenters. The second-order valence-corrected chi connectivity index (χ2v) is 10.2. The molecule has 3 rings (SSSR count). The number of carbonyl (C=O) groups excluding carboxylic acids is 1. The first-order chi connectivity index (χ1) is 14.9. The minimum atomic E-state index is -0.0695. The van der Waals surface area contributed by atoms with Gasteiger partial charge in [-0.3, -0.25) is 9.69 Å². The third kappa shape index (κ3) is 7.14. The number of nitrogens with zero attached hydrogens (tertiary/aromatic N) is 4. The van der Waals surface area contributed by atoms with Crippen molar-refractivity contribution in [3.05, 3.63) is 17.6 Å². The molecule has 0 aromatic carbocycles. The predicted octanol–water partition coefficient (Wildman–Crippen LogP) is 2.78. The normalized spacial score (nSPS) is 23.0. The maximum Gasteiger partial charge on any atom is 0.207 e. The van der Waals surface area contributed by atoms with Crippen molar-refractivity contribution in [1.29, 1.82) is 0 Å². The Kier molecular flexibility index (Phi) is 8.67. The van der Waals surface area contributed by atoms with Crippen LogP contribution in [0.5, 0.6) is 0 Å². The largest absolute Gasteiger partial charge is 0.384 e. The molecule has 1 saturated carbocycles. The standard InChI is InChI=1S/C24H41N5O2/c1-24(2,3)23-26-21(10-16-31-4)17-22(27-23)29-14-12-28(13-15-29)11-9-19-5-7-20(8-6-19)25-18-30/h17-20H,5-16H2,1-4H3,(H,25,30)/t19-,20-. The van der Waals surface area contributed by atoms with Gasteiger partial charge in [-0.15, -0.1) is 0 Å². The summed E-state index contributed by atoms with van der Waals surface area (Å²) in [6.45, 7) is 12.6. The van der Waals surface area contributed by atoms with Gasteiger partial charge in [0.2, 0.25) is 6.41 Å². The molecule has 7 heteroatoms. The molecule has 1 amide bonds. The summed E-state index contributed by atoms with van der Waals surface area (Å²) in [5, 5.41) is 2.95. The van der Waals surface area contributed by atoms with Gasteiger partial charge in [-0.1, -0.05) is 20.8 Å². The Balaban J connectivity index is 1.50. The fraction of sp³-hybridized carbons (Fsp3) is 0.792. The molecule has 174 valence electrons. The molecule has 1 aliphatic heterocycles. The van der Waals surface area contributed by atoms with Gasteiger partial charge in [0.1, 0.15) is 11.6 Å². The quantitative estimate of drug-likeness (QED) is 0.607. The molecule has 0 radical (unpaired) electrons. The molecule has 2 heterocycles. The first-order valence-electron chi connectivity index (χ1n) is 11.9. The summed E-state index contributed by atoms with van der Waals surface area (Å²) >= 11 is 0. The number of carbonyl (C=O) groups is 1. The van der Waals surface area contributed by atoms with Gasteiger partial charge < -0.3 is 15.0 Å². The van der Waals surface area contributed by atoms with E-state index in [9.17, 15) is 4.79 Å². The molecule has 1 aliphatic carbocycles. The average molecular weight is 432 g/mol. The van der Waals surface area contributed by atoms with Crippen molar-refractivity contribution in [2.45, 2.75) is 70.8 Å². The highest BCUT2D eigenvalue weighted by atomic mass is 16.5. The van der Waals surface area contributed by atoms with Crippen LogP contribution >= 0.6 is 0 Å². The highest BCUT2D eigenvalue weighted by Gasteiger charge is 2.25. The summed E-state index contributed by atoms with van der Waals surface area (Å²) in [5.41, 5.74) is 0.999. The third-order valence-corrected chi connectivity index (χ3v) is 6.70. The van der Waals surface area contributed by atoms with Gasteiger partial charge in [0.25, 0.3) is 0 Å². The lowest BCUT2D eigenvalue weighted by atomic mass is 9.84. The van der Waals surface area contributed by atoms with Crippen molar-refractivity contribution in [3.8, 4) is 0 Å². The van der Waals surface area contributed by atoms with Crippen molar-refractivity contribution in [2.75, 3.05) is 51.3 Å². The van der Waals surface area contributed by atoms with E-state index in [4.69, 9.17) is 14.7 Å². The van der Waals surface area contributed by atoms with Gasteiger partial charge in [-0.2, -0.15) is 0 Å². The fourth-order valence-electron chi connectivity index (χ4n) is 4.59. The molecule has 1 N–H and O–H groups in total. The summed E-state index contributed by atoms with van der Waals surface area (Å²) in [6.07, 6.45) is 7.70. The van der Waals surface area contributed by atoms with Gasteiger partial charge in [0.05, 0.1) is 6.61 Å². The monoisotopic (exact) mass is 431 g/mol. The molecular formula is C24H41N5O2. The number of anilines is 1. The van der Waals surface area contributed by atoms with E-state index in [1.54, 1.807) is 7.11 Å². The Morgan fingerprint density at radius 1 is 1.13 bits per heavy atom. The van der Waals surface area contributed by atoms with Crippen LogP contribution in [0.15, 0.2) is 6.07 Å². The summed E-state index contributed by atoms with van der Waals surface area (Å²) in [7, 11) is 1.74. The lowest BCUT2D eigenvalue weighted by Crippen LogP contribution is -2.47. The van der Waals surface area contributed by atoms with E-state index in [2.05, 4.69) is 42.0 Å². The number of piperazine rings is 1. The second kappa shape index (κ2) is 11.2. The van der Waals surface area contributed by atoms with Crippen molar-refractivity contribution in [3.63, 3.8) is 0 Å². The van der Waals surface area contributed by atoms with Crippen molar-refractivity contribution in [2.24, 2.45) is 5.92 Å². The first kappa shape index (κ1) is 23.9. The van der Waals surface area contributed by atoms with Gasteiger partial charge in [-0.25, -0.2) is 9.97 Å². The Bertz CT molecular complexity index is 690. The van der Waals surface area contributed by atoms with Crippen molar-refractivity contribution >= 4 is 12.2 Å². The summed E-state index contributed by atoms with van der Waals surface area (Å²) < 4.78 is 5.27. The van der Waals surface area contributed by atoms with E-state index >= 15 is 0 Å². The topological polar surface area (TPSA) is 70.6 Å². The lowest BCUT2D eigenvalue weighted by Gasteiger charge is -2.37. The summed E-state index contributed by atoms with van der Waals surface area (Å²) in [4.78, 5) is 25.4. The summed E-state index contributed by atoms with van der Waals surface area (Å²) in [5.74, 6) is 2.78. The molecule has 0 bridgehead atoms. The van der Waals surface area contributed by atoms with E-state index in [0.717, 1.165) is 75.1 Å². The van der Waals surface area contributed by atoms with Crippen LogP contribution in [0.2, 0.25) is 0 Å². The Morgan fingerprint density at radius 2 is 1.84 bits per heavy atom. The van der Waals surface area contributed by atoms with Crippen molar-refractivity contribution < 1.29 is 9.53 Å². The highest BCUT2D eigenvalue weighted by molar-refractivity contribution is 5.46. The number of aromatic nitrogens is 2. The van der Waals surface area contributed by atoms with E-state index in [1.165, 1.54) is 25.8 Å². The lowest BCUT2D eigenvalue weighted by molar-refractivity contribution is -0.110. The zero-order valence-corrected chi connectivity index (χ0v) is 19.9. The minimum Gasteiger partial charge on any atom is -0.384 e. The number of hydrogen-bond acceptors (Lipinski definition) is 6. The Labute approximate surface area is 188 Å². The first-order valence-corrected chi connectivity index (χ1v) is 11.9. The van der Waals surface area contributed by atoms with E-state index in [0.29, 0.717) is 12.6 Å². The second-order valence-electron chi connectivity index (χ2n) is 10.2. The van der Waals surface area contributed by atoms with Crippen LogP contribution in [-0.2, 0) is 21.4 Å². The van der Waals surface area contributed by atoms with Crippen LogP contribution in [0.1, 0.15) is 64.4 Å². The van der Waals surface area contributed by atoms with E-state index in [1.807, 2.05) is 0 Å². The van der Waals surface area contributed by atoms with Crippen molar-refractivity contribution in [1.82, 2.24) is 20.2 Å². The number of hydrogen-bond donors (Lipinski definition) is 1. The fourth-order valence-corrected chi connectivity index (χ4v) is 4.59. The molecule has 2 fully saturated rings. The van der Waals surface area contributed by atoms with Crippen LogP contribution in [0, 0.1) is 5.92 Å². The van der Waals surface area contributed by atoms with Gasteiger partial charge in [-0.05, 0) is 44.6 Å². The number of rotatable bonds is 9. The molecule has 1 aromatic rings. The number of amides is 1. The van der Waals surface area contributed by atoms with Gasteiger partial charge >= 0.3 is 0 Å². The Hall–Kier alpha value is -1.73. The van der Waals surface area contributed by atoms with E-state index < -0.39 is 0 Å². The molecule has 2 aliphatic rings. The zero-order chi connectivity index (χ0) is 22.3. The zero-order valence-electron chi connectivity index (χ0n) is 19.9. The molecule has 1 saturated heterocycles. The predicted molar refractivity (Wildman–Crippen MR) is 125 cm³/mol. The maximum atomic E-state index is 10.6. The molecular weight excluding hydrogens is 390 g/mol. The molecule has 1 aromatic heterocycles. The molecule has 7 nitrogen and oxygen atoms in total. The number of methoxy groups -OCH3 is 1. The van der Waals surface area contributed by atoms with Crippen LogP contribution in [-0.4, -0.2) is 73.8 Å². The Morgan fingerprint density at radius 3 is 2.45 bits per heavy atom. The average Bonchev–Trinajstić information content (AvgIpc) is 2.77. The number of ether oxygens (including phenoxy) is 1. The number of nitrogens with one attached hydrogen (secondary N) is 1. The van der Waals surface area contributed by atoms with Crippen LogP contribution in [0.25, 0.3) is 0 Å². The van der Waals surface area contributed by atoms with Crippen LogP contribution in [0.3, 0.4) is 0 Å². The SMILES string of the molecule is COCCc1cc(N2CCN(CC[C@H]3CC[C@H](NC=O)CC3)CC2)nc(C(C)(C)C)n1. The molecule has 0 unspecified atom stereocenters.